The average Bonchev–Trinajstić information content (AvgIpc) is 3.16. The summed E-state index contributed by atoms with van der Waals surface area (Å²) in [5.74, 6) is -1.07. The Kier molecular flexibility index (Phi) is 7.34. The van der Waals surface area contributed by atoms with Crippen LogP contribution >= 0.6 is 0 Å². The number of benzene rings is 2. The van der Waals surface area contributed by atoms with E-state index >= 15 is 0 Å². The van der Waals surface area contributed by atoms with Crippen molar-refractivity contribution in [1.82, 2.24) is 4.90 Å². The molecule has 0 N–H and O–H groups in total. The summed E-state index contributed by atoms with van der Waals surface area (Å²) in [6.45, 7) is 10.6. The Morgan fingerprint density at radius 1 is 0.824 bits per heavy atom. The van der Waals surface area contributed by atoms with Gasteiger partial charge in [-0.3, -0.25) is 4.90 Å². The summed E-state index contributed by atoms with van der Waals surface area (Å²) in [5.41, 5.74) is 0.597. The van der Waals surface area contributed by atoms with E-state index in [0.717, 1.165) is 11.1 Å². The van der Waals surface area contributed by atoms with Crippen molar-refractivity contribution in [3.05, 3.63) is 60.2 Å². The van der Waals surface area contributed by atoms with Gasteiger partial charge < -0.3 is 14.2 Å². The molecular weight excluding hydrogens is 434 g/mol. The van der Waals surface area contributed by atoms with Gasteiger partial charge in [-0.05, 0) is 58.7 Å². The smallest absolute Gasteiger partial charge is 0.411 e. The molecule has 1 heterocycles. The third kappa shape index (κ3) is 6.59. The molecule has 7 nitrogen and oxygen atoms in total. The number of amides is 1. The quantitative estimate of drug-likeness (QED) is 0.452. The monoisotopic (exact) mass is 467 g/mol. The van der Waals surface area contributed by atoms with E-state index in [2.05, 4.69) is 0 Å². The van der Waals surface area contributed by atoms with Gasteiger partial charge in [-0.25, -0.2) is 14.4 Å². The zero-order chi connectivity index (χ0) is 25.1. The van der Waals surface area contributed by atoms with Gasteiger partial charge in [0.05, 0.1) is 12.1 Å². The Morgan fingerprint density at radius 3 is 2.03 bits per heavy atom. The Bertz CT molecular complexity index is 999. The largest absolute Gasteiger partial charge is 0.458 e. The number of nitrogens with zero attached hydrogens (tertiary/aromatic N) is 1. The van der Waals surface area contributed by atoms with Crippen LogP contribution in [0.2, 0.25) is 0 Å². The molecule has 182 valence electrons. The molecule has 1 saturated heterocycles. The fourth-order valence-electron chi connectivity index (χ4n) is 3.74. The van der Waals surface area contributed by atoms with Gasteiger partial charge in [-0.15, -0.1) is 0 Å². The van der Waals surface area contributed by atoms with Crippen molar-refractivity contribution in [3.8, 4) is 11.1 Å². The zero-order valence-electron chi connectivity index (χ0n) is 20.7. The van der Waals surface area contributed by atoms with Crippen LogP contribution in [0.25, 0.3) is 11.1 Å². The van der Waals surface area contributed by atoms with E-state index in [-0.39, 0.29) is 13.0 Å². The van der Waals surface area contributed by atoms with Crippen molar-refractivity contribution in [2.24, 2.45) is 0 Å². The van der Waals surface area contributed by atoms with E-state index < -0.39 is 41.4 Å². The predicted molar refractivity (Wildman–Crippen MR) is 128 cm³/mol. The molecule has 0 aliphatic carbocycles. The maximum Gasteiger partial charge on any atom is 0.411 e. The number of esters is 2. The van der Waals surface area contributed by atoms with Gasteiger partial charge in [0.15, 0.2) is 0 Å². The molecule has 2 aromatic carbocycles. The molecule has 1 aliphatic heterocycles. The number of carbonyl (C=O) groups is 3. The fourth-order valence-corrected chi connectivity index (χ4v) is 3.74. The van der Waals surface area contributed by atoms with E-state index in [9.17, 15) is 14.4 Å². The van der Waals surface area contributed by atoms with Crippen LogP contribution in [0.3, 0.4) is 0 Å². The van der Waals surface area contributed by atoms with Gasteiger partial charge in [0, 0.05) is 6.42 Å². The first kappa shape index (κ1) is 25.3. The van der Waals surface area contributed by atoms with Gasteiger partial charge in [0.1, 0.15) is 23.3 Å². The first-order valence-electron chi connectivity index (χ1n) is 11.4. The molecule has 0 spiro atoms. The Labute approximate surface area is 201 Å². The van der Waals surface area contributed by atoms with Crippen LogP contribution in [-0.4, -0.2) is 52.8 Å². The molecule has 1 aliphatic rings. The molecule has 2 atom stereocenters. The fraction of sp³-hybridized carbons (Fsp3) is 0.444. The van der Waals surface area contributed by atoms with E-state index in [1.165, 1.54) is 4.90 Å². The minimum atomic E-state index is -0.906. The summed E-state index contributed by atoms with van der Waals surface area (Å²) in [7, 11) is 0. The van der Waals surface area contributed by atoms with Crippen molar-refractivity contribution >= 4 is 18.0 Å². The molecule has 34 heavy (non-hydrogen) atoms. The van der Waals surface area contributed by atoms with Crippen LogP contribution in [0.5, 0.6) is 0 Å². The van der Waals surface area contributed by atoms with Crippen molar-refractivity contribution in [2.75, 3.05) is 6.54 Å². The second kappa shape index (κ2) is 9.87. The van der Waals surface area contributed by atoms with Crippen LogP contribution in [0, 0.1) is 0 Å². The number of hydrogen-bond donors (Lipinski definition) is 0. The van der Waals surface area contributed by atoms with Crippen molar-refractivity contribution < 1.29 is 28.6 Å². The number of ether oxygens (including phenoxy) is 3. The molecule has 7 heteroatoms. The second-order valence-corrected chi connectivity index (χ2v) is 10.4. The SMILES string of the molecule is CC(C)(C)OC(=O)[C@@H]1C[C@H](OC(=O)c2ccccc2-c2ccccc2)CN1C(=O)OC(C)(C)C. The molecule has 0 aromatic heterocycles. The normalized spacial score (nSPS) is 18.4. The van der Waals surface area contributed by atoms with Gasteiger partial charge >= 0.3 is 18.0 Å². The maximum atomic E-state index is 13.1. The zero-order valence-corrected chi connectivity index (χ0v) is 20.7. The van der Waals surface area contributed by atoms with Crippen molar-refractivity contribution in [3.63, 3.8) is 0 Å². The first-order chi connectivity index (χ1) is 15.8. The average molecular weight is 468 g/mol. The standard InChI is InChI=1S/C27H33NO6/c1-26(2,3)33-24(30)22-16-19(17-28(22)25(31)34-27(4,5)6)32-23(29)21-15-11-10-14-20(21)18-12-8-7-9-13-18/h7-15,19,22H,16-17H2,1-6H3/t19-,22-/m0/s1. The molecule has 1 amide bonds. The van der Waals surface area contributed by atoms with Crippen molar-refractivity contribution in [1.29, 1.82) is 0 Å². The number of rotatable bonds is 4. The minimum Gasteiger partial charge on any atom is -0.458 e. The van der Waals surface area contributed by atoms with E-state index in [1.54, 1.807) is 53.7 Å². The van der Waals surface area contributed by atoms with Crippen LogP contribution < -0.4 is 0 Å². The second-order valence-electron chi connectivity index (χ2n) is 10.4. The molecule has 1 fully saturated rings. The predicted octanol–water partition coefficient (Wildman–Crippen LogP) is 5.23. The topological polar surface area (TPSA) is 82.1 Å². The third-order valence-electron chi connectivity index (χ3n) is 5.08. The highest BCUT2D eigenvalue weighted by Crippen LogP contribution is 2.29. The van der Waals surface area contributed by atoms with Crippen LogP contribution in [0.15, 0.2) is 54.6 Å². The highest BCUT2D eigenvalue weighted by atomic mass is 16.6. The van der Waals surface area contributed by atoms with Gasteiger partial charge in [0.2, 0.25) is 0 Å². The van der Waals surface area contributed by atoms with Gasteiger partial charge in [-0.1, -0.05) is 48.5 Å². The molecule has 0 radical (unpaired) electrons. The third-order valence-corrected chi connectivity index (χ3v) is 5.08. The molecule has 0 saturated carbocycles. The lowest BCUT2D eigenvalue weighted by Crippen LogP contribution is -2.45. The summed E-state index contributed by atoms with van der Waals surface area (Å²) in [6.07, 6.45) is -1.19. The molecular formula is C27H33NO6. The highest BCUT2D eigenvalue weighted by molar-refractivity contribution is 5.97. The van der Waals surface area contributed by atoms with Crippen LogP contribution in [0.1, 0.15) is 58.3 Å². The van der Waals surface area contributed by atoms with Gasteiger partial charge in [-0.2, -0.15) is 0 Å². The summed E-state index contributed by atoms with van der Waals surface area (Å²) in [6, 6.07) is 15.8. The minimum absolute atomic E-state index is 0.0397. The molecule has 0 unspecified atom stereocenters. The Morgan fingerprint density at radius 2 is 1.41 bits per heavy atom. The van der Waals surface area contributed by atoms with E-state index in [4.69, 9.17) is 14.2 Å². The summed E-state index contributed by atoms with van der Waals surface area (Å²) in [4.78, 5) is 40.1. The number of hydrogen-bond acceptors (Lipinski definition) is 6. The van der Waals surface area contributed by atoms with E-state index in [1.807, 2.05) is 42.5 Å². The Hall–Kier alpha value is -3.35. The van der Waals surface area contributed by atoms with Crippen LogP contribution in [-0.2, 0) is 19.0 Å². The highest BCUT2D eigenvalue weighted by Gasteiger charge is 2.45. The number of likely N-dealkylation sites (tertiary alicyclic amines) is 1. The molecule has 0 bridgehead atoms. The summed E-state index contributed by atoms with van der Waals surface area (Å²) >= 11 is 0. The Balaban J connectivity index is 1.81. The number of carbonyl (C=O) groups excluding carboxylic acids is 3. The lowest BCUT2D eigenvalue weighted by molar-refractivity contribution is -0.160. The summed E-state index contributed by atoms with van der Waals surface area (Å²) in [5, 5.41) is 0. The van der Waals surface area contributed by atoms with Crippen LogP contribution in [0.4, 0.5) is 4.79 Å². The lowest BCUT2D eigenvalue weighted by Gasteiger charge is -2.29. The summed E-state index contributed by atoms with van der Waals surface area (Å²) < 4.78 is 16.8. The molecule has 3 rings (SSSR count). The van der Waals surface area contributed by atoms with E-state index in [0.29, 0.717) is 5.56 Å². The first-order valence-corrected chi connectivity index (χ1v) is 11.4. The molecule has 2 aromatic rings. The maximum absolute atomic E-state index is 13.1. The van der Waals surface area contributed by atoms with Gasteiger partial charge in [0.25, 0.3) is 0 Å². The lowest BCUT2D eigenvalue weighted by atomic mass is 10.00. The van der Waals surface area contributed by atoms with Crippen molar-refractivity contribution in [2.45, 2.75) is 71.3 Å².